The Kier molecular flexibility index (Phi) is 7.11. The fourth-order valence-corrected chi connectivity index (χ4v) is 3.09. The molecule has 7 heteroatoms. The summed E-state index contributed by atoms with van der Waals surface area (Å²) in [7, 11) is 1.59. The summed E-state index contributed by atoms with van der Waals surface area (Å²) in [5.41, 5.74) is 1.80. The Labute approximate surface area is 142 Å². The Morgan fingerprint density at radius 1 is 1.46 bits per heavy atom. The predicted octanol–water partition coefficient (Wildman–Crippen LogP) is 1.46. The quantitative estimate of drug-likeness (QED) is 0.552. The van der Waals surface area contributed by atoms with Crippen LogP contribution in [0.1, 0.15) is 24.0 Å². The van der Waals surface area contributed by atoms with Crippen molar-refractivity contribution in [2.75, 3.05) is 33.4 Å². The summed E-state index contributed by atoms with van der Waals surface area (Å²) in [6, 6.07) is 5.79. The standard InChI is InChI=1S/C17H27N3O4/c1-13-3-4-14(9-17(13)20(22)23)10-18-15-5-7-19(8-6-15)11-16(21)12-24-2/h3-4,9,15-16,18,21H,5-8,10-12H2,1-2H3. The number of nitro benzene ring substituents is 1. The SMILES string of the molecule is COCC(O)CN1CCC(NCc2ccc(C)c([N+](=O)[O-])c2)CC1. The van der Waals surface area contributed by atoms with Crippen LogP contribution in [0.3, 0.4) is 0 Å². The van der Waals surface area contributed by atoms with Crippen molar-refractivity contribution < 1.29 is 14.8 Å². The molecule has 1 aliphatic rings. The van der Waals surface area contributed by atoms with E-state index >= 15 is 0 Å². The Morgan fingerprint density at radius 2 is 2.17 bits per heavy atom. The summed E-state index contributed by atoms with van der Waals surface area (Å²) in [5, 5.41) is 24.3. The highest BCUT2D eigenvalue weighted by molar-refractivity contribution is 5.42. The molecule has 1 aromatic rings. The number of hydrogen-bond acceptors (Lipinski definition) is 6. The molecule has 1 aliphatic heterocycles. The molecule has 1 atom stereocenters. The molecule has 1 aromatic carbocycles. The molecule has 1 unspecified atom stereocenters. The molecule has 0 saturated carbocycles. The van der Waals surface area contributed by atoms with Crippen molar-refractivity contribution in [3.05, 3.63) is 39.4 Å². The Morgan fingerprint density at radius 3 is 2.79 bits per heavy atom. The van der Waals surface area contributed by atoms with Crippen molar-refractivity contribution in [1.29, 1.82) is 0 Å². The minimum absolute atomic E-state index is 0.177. The molecular formula is C17H27N3O4. The number of nitrogens with zero attached hydrogens (tertiary/aromatic N) is 2. The van der Waals surface area contributed by atoms with E-state index in [2.05, 4.69) is 10.2 Å². The second kappa shape index (κ2) is 9.08. The first-order valence-electron chi connectivity index (χ1n) is 8.36. The summed E-state index contributed by atoms with van der Waals surface area (Å²) >= 11 is 0. The van der Waals surface area contributed by atoms with Crippen molar-refractivity contribution in [2.24, 2.45) is 0 Å². The molecule has 0 amide bonds. The minimum atomic E-state index is -0.437. The van der Waals surface area contributed by atoms with E-state index in [4.69, 9.17) is 4.74 Å². The predicted molar refractivity (Wildman–Crippen MR) is 92.0 cm³/mol. The molecule has 0 bridgehead atoms. The Hall–Kier alpha value is -1.54. The smallest absolute Gasteiger partial charge is 0.272 e. The normalized spacial score (nSPS) is 17.8. The molecule has 24 heavy (non-hydrogen) atoms. The number of nitro groups is 1. The number of ether oxygens (including phenoxy) is 1. The Bertz CT molecular complexity index is 545. The van der Waals surface area contributed by atoms with Gasteiger partial charge in [-0.05, 0) is 38.4 Å². The van der Waals surface area contributed by atoms with Gasteiger partial charge in [-0.25, -0.2) is 0 Å². The third-order valence-corrected chi connectivity index (χ3v) is 4.48. The van der Waals surface area contributed by atoms with Crippen LogP contribution in [0.2, 0.25) is 0 Å². The lowest BCUT2D eigenvalue weighted by Gasteiger charge is -2.33. The fraction of sp³-hybridized carbons (Fsp3) is 0.647. The van der Waals surface area contributed by atoms with Crippen LogP contribution in [0.15, 0.2) is 18.2 Å². The molecule has 2 N–H and O–H groups in total. The van der Waals surface area contributed by atoms with Gasteiger partial charge in [-0.2, -0.15) is 0 Å². The Balaban J connectivity index is 1.77. The van der Waals surface area contributed by atoms with Gasteiger partial charge in [-0.15, -0.1) is 0 Å². The molecule has 2 rings (SSSR count). The second-order valence-electron chi connectivity index (χ2n) is 6.44. The maximum Gasteiger partial charge on any atom is 0.272 e. The highest BCUT2D eigenvalue weighted by Crippen LogP contribution is 2.19. The number of piperidine rings is 1. The van der Waals surface area contributed by atoms with Gasteiger partial charge in [0.25, 0.3) is 5.69 Å². The summed E-state index contributed by atoms with van der Waals surface area (Å²) < 4.78 is 4.95. The summed E-state index contributed by atoms with van der Waals surface area (Å²) in [6.07, 6.45) is 1.58. The molecule has 1 saturated heterocycles. The van der Waals surface area contributed by atoms with Gasteiger partial charge in [0, 0.05) is 37.9 Å². The molecule has 1 fully saturated rings. The lowest BCUT2D eigenvalue weighted by molar-refractivity contribution is -0.385. The van der Waals surface area contributed by atoms with E-state index in [1.807, 2.05) is 6.07 Å². The number of rotatable bonds is 8. The highest BCUT2D eigenvalue weighted by atomic mass is 16.6. The lowest BCUT2D eigenvalue weighted by Crippen LogP contribution is -2.45. The van der Waals surface area contributed by atoms with Gasteiger partial charge in [-0.1, -0.05) is 12.1 Å². The second-order valence-corrected chi connectivity index (χ2v) is 6.44. The first-order chi connectivity index (χ1) is 11.5. The van der Waals surface area contributed by atoms with Crippen LogP contribution in [0.5, 0.6) is 0 Å². The van der Waals surface area contributed by atoms with Crippen molar-refractivity contribution in [3.8, 4) is 0 Å². The number of nitrogens with one attached hydrogen (secondary N) is 1. The van der Waals surface area contributed by atoms with Crippen LogP contribution >= 0.6 is 0 Å². The van der Waals surface area contributed by atoms with Gasteiger partial charge in [0.05, 0.1) is 17.6 Å². The lowest BCUT2D eigenvalue weighted by atomic mass is 10.0. The van der Waals surface area contributed by atoms with Crippen molar-refractivity contribution in [3.63, 3.8) is 0 Å². The number of benzene rings is 1. The zero-order valence-electron chi connectivity index (χ0n) is 14.4. The third-order valence-electron chi connectivity index (χ3n) is 4.48. The molecule has 7 nitrogen and oxygen atoms in total. The maximum absolute atomic E-state index is 11.0. The minimum Gasteiger partial charge on any atom is -0.389 e. The van der Waals surface area contributed by atoms with E-state index in [9.17, 15) is 15.2 Å². The summed E-state index contributed by atoms with van der Waals surface area (Å²) in [6.45, 7) is 5.27. The summed E-state index contributed by atoms with van der Waals surface area (Å²) in [5.74, 6) is 0. The van der Waals surface area contributed by atoms with Gasteiger partial charge in [0.2, 0.25) is 0 Å². The van der Waals surface area contributed by atoms with Crippen LogP contribution in [0, 0.1) is 17.0 Å². The van der Waals surface area contributed by atoms with Crippen LogP contribution in [-0.2, 0) is 11.3 Å². The highest BCUT2D eigenvalue weighted by Gasteiger charge is 2.21. The van der Waals surface area contributed by atoms with Gasteiger partial charge in [0.1, 0.15) is 0 Å². The van der Waals surface area contributed by atoms with E-state index in [0.29, 0.717) is 31.3 Å². The third kappa shape index (κ3) is 5.52. The number of β-amino-alcohol motifs (C(OH)–C–C–N with tert-alkyl or cyclic N) is 1. The summed E-state index contributed by atoms with van der Waals surface area (Å²) in [4.78, 5) is 12.9. The van der Waals surface area contributed by atoms with E-state index < -0.39 is 6.10 Å². The number of aryl methyl sites for hydroxylation is 1. The average Bonchev–Trinajstić information content (AvgIpc) is 2.55. The van der Waals surface area contributed by atoms with Crippen molar-refractivity contribution in [2.45, 2.75) is 38.5 Å². The number of hydrogen-bond donors (Lipinski definition) is 2. The average molecular weight is 337 g/mol. The van der Waals surface area contributed by atoms with Crippen LogP contribution < -0.4 is 5.32 Å². The van der Waals surface area contributed by atoms with Crippen molar-refractivity contribution in [1.82, 2.24) is 10.2 Å². The number of aliphatic hydroxyl groups excluding tert-OH is 1. The van der Waals surface area contributed by atoms with E-state index in [1.165, 1.54) is 0 Å². The van der Waals surface area contributed by atoms with Gasteiger partial charge in [-0.3, -0.25) is 10.1 Å². The van der Waals surface area contributed by atoms with Gasteiger partial charge in [0.15, 0.2) is 0 Å². The molecule has 134 valence electrons. The van der Waals surface area contributed by atoms with E-state index in [-0.39, 0.29) is 10.6 Å². The first-order valence-corrected chi connectivity index (χ1v) is 8.36. The number of likely N-dealkylation sites (tertiary alicyclic amines) is 1. The molecule has 0 aromatic heterocycles. The zero-order chi connectivity index (χ0) is 17.5. The zero-order valence-corrected chi connectivity index (χ0v) is 14.4. The van der Waals surface area contributed by atoms with Gasteiger partial charge < -0.3 is 20.1 Å². The van der Waals surface area contributed by atoms with Crippen LogP contribution in [0.25, 0.3) is 0 Å². The maximum atomic E-state index is 11.0. The number of aliphatic hydroxyl groups is 1. The molecule has 0 radical (unpaired) electrons. The first kappa shape index (κ1) is 18.8. The van der Waals surface area contributed by atoms with E-state index in [0.717, 1.165) is 31.5 Å². The van der Waals surface area contributed by atoms with Crippen molar-refractivity contribution >= 4 is 5.69 Å². The topological polar surface area (TPSA) is 87.9 Å². The molecule has 0 aliphatic carbocycles. The molecule has 0 spiro atoms. The fourth-order valence-electron chi connectivity index (χ4n) is 3.09. The largest absolute Gasteiger partial charge is 0.389 e. The molecule has 1 heterocycles. The molecular weight excluding hydrogens is 310 g/mol. The monoisotopic (exact) mass is 337 g/mol. The van der Waals surface area contributed by atoms with E-state index in [1.54, 1.807) is 26.2 Å². The van der Waals surface area contributed by atoms with Crippen LogP contribution in [-0.4, -0.2) is 60.4 Å². The van der Waals surface area contributed by atoms with Gasteiger partial charge >= 0.3 is 0 Å². The number of methoxy groups -OCH3 is 1. The van der Waals surface area contributed by atoms with Crippen LogP contribution in [0.4, 0.5) is 5.69 Å².